The Balaban J connectivity index is 0.00000196. The zero-order chi connectivity index (χ0) is 10.8. The number of aliphatic hydroxyl groups is 1. The first-order valence-corrected chi connectivity index (χ1v) is 4.29. The number of hydrogen-bond acceptors (Lipinski definition) is 4. The Hall–Kier alpha value is -0.430. The summed E-state index contributed by atoms with van der Waals surface area (Å²) < 4.78 is 0. The monoisotopic (exact) mass is 222 g/mol. The van der Waals surface area contributed by atoms with Crippen molar-refractivity contribution in [2.75, 3.05) is 6.61 Å². The maximum atomic E-state index is 11.4. The van der Waals surface area contributed by atoms with E-state index in [1.165, 1.54) is 0 Å². The quantitative estimate of drug-likeness (QED) is 0.391. The fourth-order valence-electron chi connectivity index (χ4n) is 1.44. The number of nitrogens with one attached hydrogen (secondary N) is 1. The Morgan fingerprint density at radius 1 is 1.40 bits per heavy atom. The maximum absolute atomic E-state index is 11.4. The van der Waals surface area contributed by atoms with Gasteiger partial charge in [0.25, 0.3) is 0 Å². The Bertz CT molecular complexity index is 272. The van der Waals surface area contributed by atoms with E-state index in [0.29, 0.717) is 0 Å². The largest absolute Gasteiger partial charge is 1.00 e. The van der Waals surface area contributed by atoms with Gasteiger partial charge in [-0.2, -0.15) is 0 Å². The maximum Gasteiger partial charge on any atom is 1.00 e. The number of rotatable bonds is 3. The Morgan fingerprint density at radius 2 is 2.00 bits per heavy atom. The van der Waals surface area contributed by atoms with E-state index >= 15 is 0 Å². The smallest absolute Gasteiger partial charge is 0.396 e. The minimum absolute atomic E-state index is 0. The molecule has 1 saturated heterocycles. The number of barbiturate groups is 1. The summed E-state index contributed by atoms with van der Waals surface area (Å²) in [5.41, 5.74) is -1.36. The molecule has 1 rings (SSSR count). The number of amides is 4. The molecule has 1 fully saturated rings. The van der Waals surface area contributed by atoms with Crippen molar-refractivity contribution < 1.29 is 49.0 Å². The molecule has 7 heteroatoms. The van der Waals surface area contributed by atoms with E-state index in [2.05, 4.69) is 5.32 Å². The SMILES string of the molecule is CCC1(CCO)C(=O)[N-]C(=O)NC1=O.[Na+]. The third kappa shape index (κ3) is 2.57. The van der Waals surface area contributed by atoms with Crippen LogP contribution in [0.4, 0.5) is 4.79 Å². The van der Waals surface area contributed by atoms with Crippen LogP contribution in [-0.4, -0.2) is 29.6 Å². The van der Waals surface area contributed by atoms with Gasteiger partial charge in [-0.25, -0.2) is 0 Å². The van der Waals surface area contributed by atoms with Crippen molar-refractivity contribution in [1.82, 2.24) is 5.32 Å². The van der Waals surface area contributed by atoms with Crippen molar-refractivity contribution in [3.05, 3.63) is 5.32 Å². The van der Waals surface area contributed by atoms with Crippen LogP contribution in [-0.2, 0) is 9.59 Å². The minimum atomic E-state index is -1.36. The van der Waals surface area contributed by atoms with Gasteiger partial charge in [-0.3, -0.25) is 14.4 Å². The first kappa shape index (κ1) is 14.6. The summed E-state index contributed by atoms with van der Waals surface area (Å²) in [6.07, 6.45) is 0.208. The molecule has 1 unspecified atom stereocenters. The molecule has 1 aliphatic heterocycles. The van der Waals surface area contributed by atoms with Gasteiger partial charge >= 0.3 is 29.6 Å². The molecule has 15 heavy (non-hydrogen) atoms. The Kier molecular flexibility index (Phi) is 5.44. The summed E-state index contributed by atoms with van der Waals surface area (Å²) in [4.78, 5) is 33.5. The van der Waals surface area contributed by atoms with Gasteiger partial charge < -0.3 is 15.7 Å². The second kappa shape index (κ2) is 5.60. The number of imide groups is 2. The average molecular weight is 222 g/mol. The van der Waals surface area contributed by atoms with E-state index in [0.717, 1.165) is 0 Å². The molecule has 1 aliphatic rings. The van der Waals surface area contributed by atoms with Crippen molar-refractivity contribution in [2.24, 2.45) is 5.41 Å². The van der Waals surface area contributed by atoms with Crippen molar-refractivity contribution >= 4 is 17.8 Å². The molecular weight excluding hydrogens is 211 g/mol. The van der Waals surface area contributed by atoms with E-state index in [1.54, 1.807) is 6.92 Å². The molecule has 0 radical (unpaired) electrons. The minimum Gasteiger partial charge on any atom is -0.396 e. The van der Waals surface area contributed by atoms with E-state index in [4.69, 9.17) is 5.11 Å². The number of hydrogen-bond donors (Lipinski definition) is 2. The van der Waals surface area contributed by atoms with Crippen molar-refractivity contribution in [3.63, 3.8) is 0 Å². The fourth-order valence-corrected chi connectivity index (χ4v) is 1.44. The van der Waals surface area contributed by atoms with Gasteiger partial charge in [-0.05, 0) is 12.8 Å². The molecule has 0 aromatic rings. The van der Waals surface area contributed by atoms with E-state index in [9.17, 15) is 14.4 Å². The summed E-state index contributed by atoms with van der Waals surface area (Å²) in [7, 11) is 0. The zero-order valence-electron chi connectivity index (χ0n) is 8.74. The van der Waals surface area contributed by atoms with Crippen LogP contribution < -0.4 is 34.9 Å². The van der Waals surface area contributed by atoms with E-state index < -0.39 is 23.3 Å². The second-order valence-corrected chi connectivity index (χ2v) is 3.09. The number of aliphatic hydroxyl groups excluding tert-OH is 1. The number of nitrogens with zero attached hydrogens (tertiary/aromatic N) is 1. The van der Waals surface area contributed by atoms with Crippen LogP contribution >= 0.6 is 0 Å². The normalized spacial score (nSPS) is 25.3. The van der Waals surface area contributed by atoms with Crippen molar-refractivity contribution in [2.45, 2.75) is 19.8 Å². The molecule has 78 valence electrons. The van der Waals surface area contributed by atoms with Gasteiger partial charge in [-0.15, -0.1) is 0 Å². The predicted octanol–water partition coefficient (Wildman–Crippen LogP) is -3.08. The van der Waals surface area contributed by atoms with E-state index in [-0.39, 0.29) is 49.0 Å². The van der Waals surface area contributed by atoms with Gasteiger partial charge in [0.1, 0.15) is 0 Å². The fraction of sp³-hybridized carbons (Fsp3) is 0.625. The van der Waals surface area contributed by atoms with Crippen LogP contribution in [0.1, 0.15) is 19.8 Å². The summed E-state index contributed by atoms with van der Waals surface area (Å²) >= 11 is 0. The molecule has 0 bridgehead atoms. The molecule has 0 aromatic heterocycles. The standard InChI is InChI=1S/C8H12N2O4.Na/c1-2-8(3-4-11)5(12)9-7(14)10-6(8)13;/h11H,2-4H2,1H3,(H2,9,10,12,13,14);/q;+1/p-1. The van der Waals surface area contributed by atoms with Gasteiger partial charge in [0.15, 0.2) is 17.8 Å². The van der Waals surface area contributed by atoms with Gasteiger partial charge in [0.05, 0.1) is 5.41 Å². The summed E-state index contributed by atoms with van der Waals surface area (Å²) in [5.74, 6) is -1.43. The molecule has 1 atom stereocenters. The van der Waals surface area contributed by atoms with Crippen molar-refractivity contribution in [3.8, 4) is 0 Å². The molecule has 0 saturated carbocycles. The predicted molar refractivity (Wildman–Crippen MR) is 46.3 cm³/mol. The van der Waals surface area contributed by atoms with Crippen LogP contribution in [0.25, 0.3) is 5.32 Å². The van der Waals surface area contributed by atoms with Crippen molar-refractivity contribution in [1.29, 1.82) is 0 Å². The van der Waals surface area contributed by atoms with Crippen LogP contribution in [0, 0.1) is 5.41 Å². The zero-order valence-corrected chi connectivity index (χ0v) is 10.7. The molecule has 0 spiro atoms. The van der Waals surface area contributed by atoms with Crippen LogP contribution in [0.5, 0.6) is 0 Å². The Morgan fingerprint density at radius 3 is 2.40 bits per heavy atom. The molecular formula is C8H11N2NaO4. The van der Waals surface area contributed by atoms with Crippen LogP contribution in [0.3, 0.4) is 0 Å². The van der Waals surface area contributed by atoms with Gasteiger partial charge in [0, 0.05) is 6.61 Å². The summed E-state index contributed by atoms with van der Waals surface area (Å²) in [6.45, 7) is 1.34. The molecule has 0 aliphatic carbocycles. The number of carbonyl (C=O) groups is 3. The average Bonchev–Trinajstić information content (AvgIpc) is 2.11. The summed E-state index contributed by atoms with van der Waals surface area (Å²) in [5, 5.41) is 13.9. The third-order valence-electron chi connectivity index (χ3n) is 2.41. The second-order valence-electron chi connectivity index (χ2n) is 3.09. The summed E-state index contributed by atoms with van der Waals surface area (Å²) in [6, 6.07) is -0.929. The van der Waals surface area contributed by atoms with E-state index in [1.807, 2.05) is 5.32 Å². The molecule has 2 N–H and O–H groups in total. The molecule has 4 amide bonds. The topological polar surface area (TPSA) is 97.6 Å². The van der Waals surface area contributed by atoms with Crippen LogP contribution in [0.15, 0.2) is 0 Å². The number of urea groups is 1. The Labute approximate surface area is 109 Å². The van der Waals surface area contributed by atoms with Gasteiger partial charge in [-0.1, -0.05) is 6.92 Å². The first-order chi connectivity index (χ1) is 6.56. The third-order valence-corrected chi connectivity index (χ3v) is 2.41. The number of carbonyl (C=O) groups excluding carboxylic acids is 3. The molecule has 1 heterocycles. The first-order valence-electron chi connectivity index (χ1n) is 4.29. The molecule has 6 nitrogen and oxygen atoms in total. The molecule has 0 aromatic carbocycles. The van der Waals surface area contributed by atoms with Gasteiger partial charge in [0.2, 0.25) is 0 Å². The van der Waals surface area contributed by atoms with Crippen LogP contribution in [0.2, 0.25) is 0 Å².